The summed E-state index contributed by atoms with van der Waals surface area (Å²) in [5.74, 6) is 2.78. The normalized spacial score (nSPS) is 16.4. The molecular formula is C18H15ClO2. The van der Waals surface area contributed by atoms with Crippen LogP contribution in [0.1, 0.15) is 41.6 Å². The molecule has 0 radical (unpaired) electrons. The van der Waals surface area contributed by atoms with Crippen LogP contribution in [0, 0.1) is 6.92 Å². The van der Waals surface area contributed by atoms with Gasteiger partial charge >= 0.3 is 0 Å². The first kappa shape index (κ1) is 12.8. The van der Waals surface area contributed by atoms with E-state index in [1.54, 1.807) is 0 Å². The maximum absolute atomic E-state index is 6.20. The molecule has 2 nitrogen and oxygen atoms in total. The van der Waals surface area contributed by atoms with Crippen LogP contribution in [0.3, 0.4) is 0 Å². The second kappa shape index (κ2) is 4.54. The number of furan rings is 1. The number of benzene rings is 1. The molecule has 1 aliphatic carbocycles. The van der Waals surface area contributed by atoms with E-state index in [0.717, 1.165) is 51.0 Å². The van der Waals surface area contributed by atoms with Gasteiger partial charge in [0, 0.05) is 17.0 Å². The molecule has 1 aromatic carbocycles. The van der Waals surface area contributed by atoms with Crippen LogP contribution >= 0.6 is 11.6 Å². The molecule has 0 saturated carbocycles. The molecule has 0 N–H and O–H groups in total. The van der Waals surface area contributed by atoms with Crippen molar-refractivity contribution < 1.29 is 9.15 Å². The maximum atomic E-state index is 6.20. The zero-order valence-electron chi connectivity index (χ0n) is 12.0. The molecule has 1 aromatic heterocycles. The fourth-order valence-electron chi connectivity index (χ4n) is 3.05. The smallest absolute Gasteiger partial charge is 0.145 e. The van der Waals surface area contributed by atoms with E-state index in [1.165, 1.54) is 5.57 Å². The fourth-order valence-corrected chi connectivity index (χ4v) is 3.23. The lowest BCUT2D eigenvalue weighted by Gasteiger charge is -2.22. The number of ether oxygens (including phenoxy) is 1. The SMILES string of the molecule is CC1=CCC2=C(c3cc(Cl)ccc3CO2)c2oc(C)cc21. The van der Waals surface area contributed by atoms with Crippen molar-refractivity contribution in [2.45, 2.75) is 26.9 Å². The van der Waals surface area contributed by atoms with E-state index >= 15 is 0 Å². The van der Waals surface area contributed by atoms with Crippen LogP contribution in [0.5, 0.6) is 0 Å². The van der Waals surface area contributed by atoms with Crippen LogP contribution in [-0.2, 0) is 11.3 Å². The van der Waals surface area contributed by atoms with E-state index in [1.807, 2.05) is 25.1 Å². The van der Waals surface area contributed by atoms with Gasteiger partial charge in [0.2, 0.25) is 0 Å². The third-order valence-electron chi connectivity index (χ3n) is 4.12. The van der Waals surface area contributed by atoms with Crippen molar-refractivity contribution in [3.05, 3.63) is 69.3 Å². The molecule has 2 heterocycles. The fraction of sp³-hybridized carbons (Fsp3) is 0.222. The van der Waals surface area contributed by atoms with Gasteiger partial charge in [0.25, 0.3) is 0 Å². The molecule has 0 bridgehead atoms. The van der Waals surface area contributed by atoms with E-state index in [4.69, 9.17) is 20.8 Å². The van der Waals surface area contributed by atoms with Crippen LogP contribution in [0.2, 0.25) is 5.02 Å². The summed E-state index contributed by atoms with van der Waals surface area (Å²) in [5.41, 5.74) is 5.70. The Morgan fingerprint density at radius 1 is 1.10 bits per heavy atom. The number of fused-ring (bicyclic) bond motifs is 4. The highest BCUT2D eigenvalue weighted by Crippen LogP contribution is 2.43. The van der Waals surface area contributed by atoms with E-state index in [-0.39, 0.29) is 0 Å². The minimum Gasteiger partial charge on any atom is -0.492 e. The van der Waals surface area contributed by atoms with Gasteiger partial charge in [0.1, 0.15) is 23.9 Å². The van der Waals surface area contributed by atoms with Gasteiger partial charge in [-0.1, -0.05) is 23.7 Å². The Hall–Kier alpha value is -1.93. The van der Waals surface area contributed by atoms with E-state index in [2.05, 4.69) is 19.1 Å². The summed E-state index contributed by atoms with van der Waals surface area (Å²) in [6.45, 7) is 4.68. The van der Waals surface area contributed by atoms with E-state index < -0.39 is 0 Å². The second-order valence-corrected chi connectivity index (χ2v) is 6.02. The zero-order valence-corrected chi connectivity index (χ0v) is 12.8. The molecule has 2 aromatic rings. The predicted octanol–water partition coefficient (Wildman–Crippen LogP) is 5.34. The third-order valence-corrected chi connectivity index (χ3v) is 4.36. The highest BCUT2D eigenvalue weighted by molar-refractivity contribution is 6.30. The van der Waals surface area contributed by atoms with Gasteiger partial charge in [-0.25, -0.2) is 0 Å². The number of aryl methyl sites for hydroxylation is 1. The van der Waals surface area contributed by atoms with Crippen molar-refractivity contribution >= 4 is 22.7 Å². The molecule has 0 fully saturated rings. The minimum absolute atomic E-state index is 0.591. The molecule has 0 saturated heterocycles. The number of allylic oxidation sites excluding steroid dienone is 2. The summed E-state index contributed by atoms with van der Waals surface area (Å²) < 4.78 is 12.0. The van der Waals surface area contributed by atoms with Crippen molar-refractivity contribution in [2.24, 2.45) is 0 Å². The van der Waals surface area contributed by atoms with Crippen molar-refractivity contribution in [1.82, 2.24) is 0 Å². The number of halogens is 1. The lowest BCUT2D eigenvalue weighted by Crippen LogP contribution is -2.08. The van der Waals surface area contributed by atoms with Crippen LogP contribution in [-0.4, -0.2) is 0 Å². The highest BCUT2D eigenvalue weighted by atomic mass is 35.5. The molecule has 2 aliphatic rings. The number of hydrogen-bond acceptors (Lipinski definition) is 2. The van der Waals surface area contributed by atoms with Gasteiger partial charge in [-0.2, -0.15) is 0 Å². The average Bonchev–Trinajstić information content (AvgIpc) is 2.79. The highest BCUT2D eigenvalue weighted by Gasteiger charge is 2.28. The summed E-state index contributed by atoms with van der Waals surface area (Å²) in [4.78, 5) is 0. The summed E-state index contributed by atoms with van der Waals surface area (Å²) in [7, 11) is 0. The first-order chi connectivity index (χ1) is 10.1. The van der Waals surface area contributed by atoms with Crippen molar-refractivity contribution in [1.29, 1.82) is 0 Å². The zero-order chi connectivity index (χ0) is 14.6. The second-order valence-electron chi connectivity index (χ2n) is 5.58. The Morgan fingerprint density at radius 2 is 1.95 bits per heavy atom. The molecule has 3 heteroatoms. The first-order valence-electron chi connectivity index (χ1n) is 7.06. The molecule has 1 aliphatic heterocycles. The largest absolute Gasteiger partial charge is 0.492 e. The minimum atomic E-state index is 0.591. The molecule has 0 atom stereocenters. The van der Waals surface area contributed by atoms with E-state index in [9.17, 15) is 0 Å². The van der Waals surface area contributed by atoms with Gasteiger partial charge in [0.05, 0.1) is 5.57 Å². The van der Waals surface area contributed by atoms with Crippen molar-refractivity contribution in [2.75, 3.05) is 0 Å². The maximum Gasteiger partial charge on any atom is 0.145 e. The van der Waals surface area contributed by atoms with Gasteiger partial charge in [-0.15, -0.1) is 0 Å². The number of rotatable bonds is 0. The molecule has 0 amide bonds. The Labute approximate surface area is 128 Å². The first-order valence-corrected chi connectivity index (χ1v) is 7.44. The molecule has 0 unspecified atom stereocenters. The van der Waals surface area contributed by atoms with Gasteiger partial charge < -0.3 is 9.15 Å². The predicted molar refractivity (Wildman–Crippen MR) is 84.0 cm³/mol. The lowest BCUT2D eigenvalue weighted by molar-refractivity contribution is 0.190. The monoisotopic (exact) mass is 298 g/mol. The van der Waals surface area contributed by atoms with Crippen LogP contribution in [0.15, 0.2) is 40.5 Å². The molecule has 4 rings (SSSR count). The standard InChI is InChI=1S/C18H15ClO2/c1-10-3-6-16-17(18-14(10)7-11(2)21-18)15-8-13(19)5-4-12(15)9-20-16/h3-5,7-8H,6,9H2,1-2H3. The molecule has 0 spiro atoms. The van der Waals surface area contributed by atoms with Gasteiger partial charge in [-0.3, -0.25) is 0 Å². The van der Waals surface area contributed by atoms with Crippen LogP contribution < -0.4 is 0 Å². The van der Waals surface area contributed by atoms with Crippen LogP contribution in [0.25, 0.3) is 11.1 Å². The topological polar surface area (TPSA) is 22.4 Å². The Balaban J connectivity index is 2.03. The Kier molecular flexibility index (Phi) is 2.76. The van der Waals surface area contributed by atoms with Crippen molar-refractivity contribution in [3.63, 3.8) is 0 Å². The van der Waals surface area contributed by atoms with Gasteiger partial charge in [-0.05, 0) is 48.7 Å². The van der Waals surface area contributed by atoms with Gasteiger partial charge in [0.15, 0.2) is 0 Å². The molecule has 21 heavy (non-hydrogen) atoms. The summed E-state index contributed by atoms with van der Waals surface area (Å²) in [6, 6.07) is 8.04. The summed E-state index contributed by atoms with van der Waals surface area (Å²) in [5, 5.41) is 0.737. The number of hydrogen-bond donors (Lipinski definition) is 0. The Bertz CT molecular complexity index is 809. The Morgan fingerprint density at radius 3 is 2.81 bits per heavy atom. The lowest BCUT2D eigenvalue weighted by atomic mass is 9.93. The quantitative estimate of drug-likeness (QED) is 0.655. The average molecular weight is 299 g/mol. The molecular weight excluding hydrogens is 284 g/mol. The van der Waals surface area contributed by atoms with Crippen LogP contribution in [0.4, 0.5) is 0 Å². The third kappa shape index (κ3) is 1.94. The molecule has 106 valence electrons. The van der Waals surface area contributed by atoms with E-state index in [0.29, 0.717) is 6.61 Å². The summed E-state index contributed by atoms with van der Waals surface area (Å²) in [6.07, 6.45) is 2.99. The van der Waals surface area contributed by atoms with Crippen molar-refractivity contribution in [3.8, 4) is 0 Å². The summed E-state index contributed by atoms with van der Waals surface area (Å²) >= 11 is 6.20.